The van der Waals surface area contributed by atoms with Crippen molar-refractivity contribution in [3.8, 4) is 32.7 Å². The van der Waals surface area contributed by atoms with E-state index in [-0.39, 0.29) is 5.56 Å². The minimum absolute atomic E-state index is 0.0942. The number of aryl methyl sites for hydroxylation is 1. The standard InChI is InChI=1S/C30H28F2S/c1-2-5-20-8-10-21(11-9-20)22-12-14-23(15-13-22)25-18-26(31)30(27(32)19-25)29-17-16-28(33-29)24-6-3-4-7-24/h8-19,24H,2-7H2,1H3. The van der Waals surface area contributed by atoms with Crippen LogP contribution in [-0.2, 0) is 6.42 Å². The average molecular weight is 459 g/mol. The summed E-state index contributed by atoms with van der Waals surface area (Å²) in [6.07, 6.45) is 7.08. The van der Waals surface area contributed by atoms with E-state index in [0.29, 0.717) is 16.4 Å². The molecule has 0 radical (unpaired) electrons. The van der Waals surface area contributed by atoms with Crippen LogP contribution in [0.15, 0.2) is 72.8 Å². The highest BCUT2D eigenvalue weighted by Gasteiger charge is 2.21. The fourth-order valence-corrected chi connectivity index (χ4v) is 6.13. The molecule has 3 heteroatoms. The molecule has 0 bridgehead atoms. The summed E-state index contributed by atoms with van der Waals surface area (Å²) in [7, 11) is 0. The fraction of sp³-hybridized carbons (Fsp3) is 0.267. The van der Waals surface area contributed by atoms with Crippen molar-refractivity contribution in [1.82, 2.24) is 0 Å². The van der Waals surface area contributed by atoms with Crippen molar-refractivity contribution in [2.24, 2.45) is 0 Å². The zero-order valence-electron chi connectivity index (χ0n) is 18.9. The van der Waals surface area contributed by atoms with Gasteiger partial charge in [-0.1, -0.05) is 74.7 Å². The quantitative estimate of drug-likeness (QED) is 0.270. The molecular weight excluding hydrogens is 430 g/mol. The molecule has 4 aromatic rings. The van der Waals surface area contributed by atoms with Gasteiger partial charge in [0.2, 0.25) is 0 Å². The maximum atomic E-state index is 15.1. The average Bonchev–Trinajstić information content (AvgIpc) is 3.52. The molecule has 1 aliphatic carbocycles. The third kappa shape index (κ3) is 4.65. The molecule has 0 spiro atoms. The van der Waals surface area contributed by atoms with Gasteiger partial charge in [0, 0.05) is 9.75 Å². The van der Waals surface area contributed by atoms with E-state index in [1.54, 1.807) is 0 Å². The second-order valence-electron chi connectivity index (χ2n) is 9.02. The molecule has 3 aromatic carbocycles. The number of hydrogen-bond donors (Lipinski definition) is 0. The number of thiophene rings is 1. The lowest BCUT2D eigenvalue weighted by atomic mass is 9.98. The smallest absolute Gasteiger partial charge is 0.135 e. The number of hydrogen-bond acceptors (Lipinski definition) is 1. The predicted octanol–water partition coefficient (Wildman–Crippen LogP) is 9.64. The Labute approximate surface area is 198 Å². The number of halogens is 2. The fourth-order valence-electron chi connectivity index (χ4n) is 4.90. The molecule has 5 rings (SSSR count). The summed E-state index contributed by atoms with van der Waals surface area (Å²) in [6.45, 7) is 2.18. The maximum absolute atomic E-state index is 15.1. The van der Waals surface area contributed by atoms with Crippen molar-refractivity contribution in [2.45, 2.75) is 51.4 Å². The molecule has 33 heavy (non-hydrogen) atoms. The van der Waals surface area contributed by atoms with Crippen molar-refractivity contribution in [3.63, 3.8) is 0 Å². The molecule has 0 saturated heterocycles. The molecule has 1 fully saturated rings. The van der Waals surface area contributed by atoms with Gasteiger partial charge in [0.25, 0.3) is 0 Å². The van der Waals surface area contributed by atoms with Crippen molar-refractivity contribution in [1.29, 1.82) is 0 Å². The molecule has 168 valence electrons. The van der Waals surface area contributed by atoms with Gasteiger partial charge in [-0.15, -0.1) is 11.3 Å². The summed E-state index contributed by atoms with van der Waals surface area (Å²) < 4.78 is 30.2. The van der Waals surface area contributed by atoms with E-state index in [9.17, 15) is 0 Å². The van der Waals surface area contributed by atoms with Crippen molar-refractivity contribution in [2.75, 3.05) is 0 Å². The SMILES string of the molecule is CCCc1ccc(-c2ccc(-c3cc(F)c(-c4ccc(C5CCCC5)s4)c(F)c3)cc2)cc1. The molecule has 0 atom stereocenters. The Morgan fingerprint density at radius 3 is 1.85 bits per heavy atom. The van der Waals surface area contributed by atoms with Gasteiger partial charge in [-0.05, 0) is 77.3 Å². The lowest BCUT2D eigenvalue weighted by molar-refractivity contribution is 0.591. The van der Waals surface area contributed by atoms with Crippen LogP contribution in [-0.4, -0.2) is 0 Å². The minimum Gasteiger partial charge on any atom is -0.206 e. The van der Waals surface area contributed by atoms with E-state index in [1.807, 2.05) is 30.3 Å². The number of benzene rings is 3. The molecule has 1 aliphatic rings. The van der Waals surface area contributed by atoms with Gasteiger partial charge in [-0.2, -0.15) is 0 Å². The maximum Gasteiger partial charge on any atom is 0.135 e. The molecule has 1 heterocycles. The Balaban J connectivity index is 1.39. The summed E-state index contributed by atoms with van der Waals surface area (Å²) in [6, 6.07) is 23.4. The Hall–Kier alpha value is -2.78. The largest absolute Gasteiger partial charge is 0.206 e. The highest BCUT2D eigenvalue weighted by Crippen LogP contribution is 2.42. The van der Waals surface area contributed by atoms with Crippen LogP contribution in [0.2, 0.25) is 0 Å². The predicted molar refractivity (Wildman–Crippen MR) is 136 cm³/mol. The summed E-state index contributed by atoms with van der Waals surface area (Å²) >= 11 is 1.54. The van der Waals surface area contributed by atoms with Crippen molar-refractivity contribution in [3.05, 3.63) is 94.9 Å². The van der Waals surface area contributed by atoms with Crippen LogP contribution in [0.1, 0.15) is 55.4 Å². The monoisotopic (exact) mass is 458 g/mol. The normalized spacial score (nSPS) is 14.2. The molecule has 1 aromatic heterocycles. The van der Waals surface area contributed by atoms with Crippen LogP contribution < -0.4 is 0 Å². The summed E-state index contributed by atoms with van der Waals surface area (Å²) in [5.74, 6) is -0.448. The first kappa shape index (κ1) is 22.0. The third-order valence-electron chi connectivity index (χ3n) is 6.72. The minimum atomic E-state index is -0.500. The Morgan fingerprint density at radius 2 is 1.27 bits per heavy atom. The van der Waals surface area contributed by atoms with E-state index in [0.717, 1.165) is 29.5 Å². The molecule has 0 aliphatic heterocycles. The highest BCUT2D eigenvalue weighted by atomic mass is 32.1. The van der Waals surface area contributed by atoms with Gasteiger partial charge in [0.1, 0.15) is 11.6 Å². The lowest BCUT2D eigenvalue weighted by Crippen LogP contribution is -1.91. The van der Waals surface area contributed by atoms with Gasteiger partial charge in [0.05, 0.1) is 5.56 Å². The van der Waals surface area contributed by atoms with Crippen LogP contribution in [0.4, 0.5) is 8.78 Å². The van der Waals surface area contributed by atoms with Crippen molar-refractivity contribution < 1.29 is 8.78 Å². The summed E-state index contributed by atoms with van der Waals surface area (Å²) in [5, 5.41) is 0. The Kier molecular flexibility index (Phi) is 6.41. The van der Waals surface area contributed by atoms with Gasteiger partial charge < -0.3 is 0 Å². The molecule has 0 N–H and O–H groups in total. The van der Waals surface area contributed by atoms with Crippen LogP contribution in [0.5, 0.6) is 0 Å². The highest BCUT2D eigenvalue weighted by molar-refractivity contribution is 7.15. The van der Waals surface area contributed by atoms with Gasteiger partial charge in [-0.25, -0.2) is 8.78 Å². The molecule has 0 nitrogen and oxygen atoms in total. The second kappa shape index (κ2) is 9.61. The summed E-state index contributed by atoms with van der Waals surface area (Å²) in [4.78, 5) is 1.93. The molecular formula is C30H28F2S. The summed E-state index contributed by atoms with van der Waals surface area (Å²) in [5.41, 5.74) is 5.04. The first-order valence-corrected chi connectivity index (χ1v) is 12.7. The molecule has 1 saturated carbocycles. The van der Waals surface area contributed by atoms with Crippen LogP contribution in [0, 0.1) is 11.6 Å². The second-order valence-corrected chi connectivity index (χ2v) is 10.1. The Morgan fingerprint density at radius 1 is 0.727 bits per heavy atom. The van der Waals surface area contributed by atoms with Gasteiger partial charge in [0.15, 0.2) is 0 Å². The first-order chi connectivity index (χ1) is 16.1. The third-order valence-corrected chi connectivity index (χ3v) is 7.98. The van der Waals surface area contributed by atoms with E-state index in [1.165, 1.54) is 59.6 Å². The zero-order valence-corrected chi connectivity index (χ0v) is 19.7. The van der Waals surface area contributed by atoms with Crippen molar-refractivity contribution >= 4 is 11.3 Å². The number of rotatable bonds is 6. The topological polar surface area (TPSA) is 0 Å². The van der Waals surface area contributed by atoms with Crippen LogP contribution in [0.25, 0.3) is 32.7 Å². The van der Waals surface area contributed by atoms with E-state index in [2.05, 4.69) is 37.3 Å². The van der Waals surface area contributed by atoms with E-state index in [4.69, 9.17) is 0 Å². The van der Waals surface area contributed by atoms with Crippen LogP contribution >= 0.6 is 11.3 Å². The van der Waals surface area contributed by atoms with Gasteiger partial charge >= 0.3 is 0 Å². The first-order valence-electron chi connectivity index (χ1n) is 11.9. The van der Waals surface area contributed by atoms with E-state index >= 15 is 8.78 Å². The molecule has 0 amide bonds. The van der Waals surface area contributed by atoms with Gasteiger partial charge in [-0.3, -0.25) is 0 Å². The lowest BCUT2D eigenvalue weighted by Gasteiger charge is -2.09. The molecule has 0 unspecified atom stereocenters. The van der Waals surface area contributed by atoms with Crippen LogP contribution in [0.3, 0.4) is 0 Å². The Bertz CT molecular complexity index is 1210. The zero-order chi connectivity index (χ0) is 22.8. The van der Waals surface area contributed by atoms with E-state index < -0.39 is 11.6 Å².